The number of amides is 1. The highest BCUT2D eigenvalue weighted by Gasteiger charge is 2.40. The second kappa shape index (κ2) is 5.87. The standard InChI is InChI=1S/C13H17N3O4/c1-14-11(17)10-8-9(2-5-15-10)16-13(12(18)19)3-6-20-7-4-13/h2,5,8H,3-4,6-7H2,1H3,(H,14,17)(H,15,16)(H,18,19). The van der Waals surface area contributed by atoms with Crippen LogP contribution in [0.25, 0.3) is 0 Å². The molecule has 1 aromatic heterocycles. The fourth-order valence-corrected chi connectivity index (χ4v) is 2.15. The number of aliphatic carboxylic acids is 1. The van der Waals surface area contributed by atoms with Gasteiger partial charge in [-0.2, -0.15) is 0 Å². The SMILES string of the molecule is CNC(=O)c1cc(NC2(C(=O)O)CCOCC2)ccn1. The first kappa shape index (κ1) is 14.3. The van der Waals surface area contributed by atoms with E-state index in [1.165, 1.54) is 13.2 Å². The number of hydrogen-bond acceptors (Lipinski definition) is 5. The van der Waals surface area contributed by atoms with Gasteiger partial charge in [0.25, 0.3) is 5.91 Å². The molecule has 0 spiro atoms. The van der Waals surface area contributed by atoms with Gasteiger partial charge in [0, 0.05) is 45.0 Å². The summed E-state index contributed by atoms with van der Waals surface area (Å²) in [6.07, 6.45) is 2.22. The van der Waals surface area contributed by atoms with Crippen molar-refractivity contribution >= 4 is 17.6 Å². The van der Waals surface area contributed by atoms with Crippen LogP contribution in [0.1, 0.15) is 23.3 Å². The number of nitrogens with one attached hydrogen (secondary N) is 2. The summed E-state index contributed by atoms with van der Waals surface area (Å²) >= 11 is 0. The molecule has 1 aliphatic heterocycles. The van der Waals surface area contributed by atoms with Crippen molar-refractivity contribution < 1.29 is 19.4 Å². The lowest BCUT2D eigenvalue weighted by Crippen LogP contribution is -2.50. The van der Waals surface area contributed by atoms with E-state index in [0.29, 0.717) is 31.7 Å². The molecule has 2 heterocycles. The quantitative estimate of drug-likeness (QED) is 0.741. The van der Waals surface area contributed by atoms with Gasteiger partial charge >= 0.3 is 5.97 Å². The molecule has 0 aliphatic carbocycles. The van der Waals surface area contributed by atoms with Crippen LogP contribution in [0.5, 0.6) is 0 Å². The van der Waals surface area contributed by atoms with Gasteiger partial charge in [0.1, 0.15) is 11.2 Å². The Bertz CT molecular complexity index is 512. The predicted molar refractivity (Wildman–Crippen MR) is 71.7 cm³/mol. The fourth-order valence-electron chi connectivity index (χ4n) is 2.15. The molecule has 0 radical (unpaired) electrons. The zero-order valence-electron chi connectivity index (χ0n) is 11.2. The molecule has 7 nitrogen and oxygen atoms in total. The number of nitrogens with zero attached hydrogens (tertiary/aromatic N) is 1. The van der Waals surface area contributed by atoms with E-state index in [2.05, 4.69) is 15.6 Å². The van der Waals surface area contributed by atoms with E-state index in [-0.39, 0.29) is 11.6 Å². The molecule has 0 saturated carbocycles. The summed E-state index contributed by atoms with van der Waals surface area (Å²) in [4.78, 5) is 27.0. The molecule has 1 aromatic rings. The van der Waals surface area contributed by atoms with Gasteiger partial charge in [-0.05, 0) is 12.1 Å². The summed E-state index contributed by atoms with van der Waals surface area (Å²) in [6.45, 7) is 0.791. The van der Waals surface area contributed by atoms with E-state index in [4.69, 9.17) is 4.74 Å². The second-order valence-electron chi connectivity index (χ2n) is 4.63. The monoisotopic (exact) mass is 279 g/mol. The minimum atomic E-state index is -1.06. The lowest BCUT2D eigenvalue weighted by Gasteiger charge is -2.34. The van der Waals surface area contributed by atoms with E-state index < -0.39 is 11.5 Å². The maximum absolute atomic E-state index is 11.5. The minimum Gasteiger partial charge on any atom is -0.480 e. The van der Waals surface area contributed by atoms with Gasteiger partial charge in [-0.3, -0.25) is 9.78 Å². The van der Waals surface area contributed by atoms with E-state index in [1.807, 2.05) is 0 Å². The number of anilines is 1. The highest BCUT2D eigenvalue weighted by molar-refractivity contribution is 5.93. The van der Waals surface area contributed by atoms with E-state index in [1.54, 1.807) is 12.1 Å². The van der Waals surface area contributed by atoms with Crippen molar-refractivity contribution in [3.8, 4) is 0 Å². The van der Waals surface area contributed by atoms with Crippen LogP contribution in [0, 0.1) is 0 Å². The Morgan fingerprint density at radius 1 is 1.40 bits per heavy atom. The average molecular weight is 279 g/mol. The first-order chi connectivity index (χ1) is 9.57. The molecule has 108 valence electrons. The molecule has 1 saturated heterocycles. The zero-order valence-corrected chi connectivity index (χ0v) is 11.2. The van der Waals surface area contributed by atoms with Crippen molar-refractivity contribution in [2.45, 2.75) is 18.4 Å². The van der Waals surface area contributed by atoms with Gasteiger partial charge in [-0.15, -0.1) is 0 Å². The lowest BCUT2D eigenvalue weighted by molar-refractivity contribution is -0.145. The van der Waals surface area contributed by atoms with E-state index >= 15 is 0 Å². The van der Waals surface area contributed by atoms with Crippen LogP contribution in [-0.4, -0.2) is 47.8 Å². The molecule has 0 atom stereocenters. The van der Waals surface area contributed by atoms with Crippen LogP contribution < -0.4 is 10.6 Å². The molecule has 1 fully saturated rings. The molecule has 0 unspecified atom stereocenters. The summed E-state index contributed by atoms with van der Waals surface area (Å²) < 4.78 is 5.21. The highest BCUT2D eigenvalue weighted by Crippen LogP contribution is 2.26. The summed E-state index contributed by atoms with van der Waals surface area (Å²) in [6, 6.07) is 3.19. The Balaban J connectivity index is 2.23. The molecule has 1 aliphatic rings. The number of aromatic nitrogens is 1. The van der Waals surface area contributed by atoms with Gasteiger partial charge in [0.05, 0.1) is 0 Å². The highest BCUT2D eigenvalue weighted by atomic mass is 16.5. The van der Waals surface area contributed by atoms with Crippen molar-refractivity contribution in [2.75, 3.05) is 25.6 Å². The molecule has 0 aromatic carbocycles. The van der Waals surface area contributed by atoms with Gasteiger partial charge < -0.3 is 20.5 Å². The molecule has 2 rings (SSSR count). The lowest BCUT2D eigenvalue weighted by atomic mass is 9.90. The number of carbonyl (C=O) groups is 2. The van der Waals surface area contributed by atoms with Gasteiger partial charge in [0.2, 0.25) is 0 Å². The number of carbonyl (C=O) groups excluding carboxylic acids is 1. The number of pyridine rings is 1. The third kappa shape index (κ3) is 2.88. The summed E-state index contributed by atoms with van der Waals surface area (Å²) in [7, 11) is 1.52. The molecule has 7 heteroatoms. The van der Waals surface area contributed by atoms with Crippen molar-refractivity contribution in [3.63, 3.8) is 0 Å². The average Bonchev–Trinajstić information content (AvgIpc) is 2.47. The van der Waals surface area contributed by atoms with Crippen LogP contribution in [0.15, 0.2) is 18.3 Å². The molecular formula is C13H17N3O4. The summed E-state index contributed by atoms with van der Waals surface area (Å²) in [5.41, 5.74) is -0.257. The normalized spacial score (nSPS) is 17.2. The zero-order chi connectivity index (χ0) is 14.6. The Hall–Kier alpha value is -2.15. The summed E-state index contributed by atoms with van der Waals surface area (Å²) in [5.74, 6) is -1.23. The third-order valence-electron chi connectivity index (χ3n) is 3.36. The number of carboxylic acid groups (broad SMARTS) is 1. The molecule has 1 amide bonds. The predicted octanol–water partition coefficient (Wildman–Crippen LogP) is 0.487. The van der Waals surface area contributed by atoms with Crippen molar-refractivity contribution in [1.82, 2.24) is 10.3 Å². The summed E-state index contributed by atoms with van der Waals surface area (Å²) in [5, 5.41) is 15.0. The van der Waals surface area contributed by atoms with Crippen LogP contribution >= 0.6 is 0 Å². The van der Waals surface area contributed by atoms with Crippen LogP contribution in [0.2, 0.25) is 0 Å². The maximum atomic E-state index is 11.5. The van der Waals surface area contributed by atoms with E-state index in [9.17, 15) is 14.7 Å². The van der Waals surface area contributed by atoms with Crippen LogP contribution in [-0.2, 0) is 9.53 Å². The molecule has 0 bridgehead atoms. The topological polar surface area (TPSA) is 101 Å². The van der Waals surface area contributed by atoms with Gasteiger partial charge in [-0.25, -0.2) is 4.79 Å². The van der Waals surface area contributed by atoms with Gasteiger partial charge in [0.15, 0.2) is 0 Å². The molecule has 20 heavy (non-hydrogen) atoms. The Morgan fingerprint density at radius 3 is 2.70 bits per heavy atom. The Labute approximate surface area is 116 Å². The third-order valence-corrected chi connectivity index (χ3v) is 3.36. The molecule has 3 N–H and O–H groups in total. The number of carboxylic acids is 1. The Morgan fingerprint density at radius 2 is 2.10 bits per heavy atom. The smallest absolute Gasteiger partial charge is 0.329 e. The second-order valence-corrected chi connectivity index (χ2v) is 4.63. The fraction of sp³-hybridized carbons (Fsp3) is 0.462. The first-order valence-corrected chi connectivity index (χ1v) is 6.35. The Kier molecular flexibility index (Phi) is 4.19. The first-order valence-electron chi connectivity index (χ1n) is 6.35. The molecular weight excluding hydrogens is 262 g/mol. The largest absolute Gasteiger partial charge is 0.480 e. The van der Waals surface area contributed by atoms with Crippen molar-refractivity contribution in [1.29, 1.82) is 0 Å². The van der Waals surface area contributed by atoms with Crippen LogP contribution in [0.4, 0.5) is 5.69 Å². The number of hydrogen-bond donors (Lipinski definition) is 3. The number of ether oxygens (including phenoxy) is 1. The van der Waals surface area contributed by atoms with Gasteiger partial charge in [-0.1, -0.05) is 0 Å². The van der Waals surface area contributed by atoms with E-state index in [0.717, 1.165) is 0 Å². The van der Waals surface area contributed by atoms with Crippen LogP contribution in [0.3, 0.4) is 0 Å². The number of rotatable bonds is 4. The van der Waals surface area contributed by atoms with Crippen molar-refractivity contribution in [3.05, 3.63) is 24.0 Å². The maximum Gasteiger partial charge on any atom is 0.329 e. The minimum absolute atomic E-state index is 0.241. The van der Waals surface area contributed by atoms with Crippen molar-refractivity contribution in [2.24, 2.45) is 0 Å².